The summed E-state index contributed by atoms with van der Waals surface area (Å²) < 4.78 is 47.5. The van der Waals surface area contributed by atoms with Gasteiger partial charge in [-0.05, 0) is 30.3 Å². The number of alkyl halides is 3. The lowest BCUT2D eigenvalue weighted by Crippen LogP contribution is -2.05. The SMILES string of the molecule is O=C(O)c1ccc(COc2cccc(C(F)(F)F)c2)o1. The van der Waals surface area contributed by atoms with Crippen LogP contribution < -0.4 is 4.74 Å². The molecule has 20 heavy (non-hydrogen) atoms. The first-order valence-corrected chi connectivity index (χ1v) is 5.48. The van der Waals surface area contributed by atoms with Crippen LogP contribution in [0.4, 0.5) is 13.2 Å². The molecule has 1 N–H and O–H groups in total. The van der Waals surface area contributed by atoms with Gasteiger partial charge in [0.05, 0.1) is 5.56 Å². The predicted molar refractivity (Wildman–Crippen MR) is 61.4 cm³/mol. The molecule has 1 aromatic carbocycles. The Bertz CT molecular complexity index is 616. The highest BCUT2D eigenvalue weighted by atomic mass is 19.4. The maximum Gasteiger partial charge on any atom is 0.416 e. The molecule has 106 valence electrons. The number of carboxylic acids is 1. The van der Waals surface area contributed by atoms with E-state index in [1.54, 1.807) is 0 Å². The zero-order valence-corrected chi connectivity index (χ0v) is 9.98. The second kappa shape index (κ2) is 5.28. The summed E-state index contributed by atoms with van der Waals surface area (Å²) in [7, 11) is 0. The summed E-state index contributed by atoms with van der Waals surface area (Å²) in [6, 6.07) is 7.02. The van der Waals surface area contributed by atoms with E-state index in [1.807, 2.05) is 0 Å². The van der Waals surface area contributed by atoms with Crippen molar-refractivity contribution in [1.82, 2.24) is 0 Å². The second-order valence-electron chi connectivity index (χ2n) is 3.89. The van der Waals surface area contributed by atoms with Gasteiger partial charge in [0.15, 0.2) is 0 Å². The van der Waals surface area contributed by atoms with Crippen LogP contribution in [0, 0.1) is 0 Å². The first-order valence-electron chi connectivity index (χ1n) is 5.48. The highest BCUT2D eigenvalue weighted by Crippen LogP contribution is 2.31. The third-order valence-corrected chi connectivity index (χ3v) is 2.41. The van der Waals surface area contributed by atoms with E-state index in [2.05, 4.69) is 0 Å². The molecule has 1 heterocycles. The van der Waals surface area contributed by atoms with Gasteiger partial charge in [0, 0.05) is 0 Å². The Hall–Kier alpha value is -2.44. The van der Waals surface area contributed by atoms with Gasteiger partial charge < -0.3 is 14.3 Å². The Morgan fingerprint density at radius 1 is 1.25 bits per heavy atom. The summed E-state index contributed by atoms with van der Waals surface area (Å²) >= 11 is 0. The fourth-order valence-corrected chi connectivity index (χ4v) is 1.49. The van der Waals surface area contributed by atoms with Gasteiger partial charge >= 0.3 is 12.1 Å². The Morgan fingerprint density at radius 2 is 2.00 bits per heavy atom. The summed E-state index contributed by atoms with van der Waals surface area (Å²) in [6.45, 7) is -0.158. The molecule has 0 saturated heterocycles. The van der Waals surface area contributed by atoms with Crippen molar-refractivity contribution >= 4 is 5.97 Å². The monoisotopic (exact) mass is 286 g/mol. The van der Waals surface area contributed by atoms with Crippen LogP contribution in [0.3, 0.4) is 0 Å². The lowest BCUT2D eigenvalue weighted by atomic mass is 10.2. The summed E-state index contributed by atoms with van der Waals surface area (Å²) in [5.74, 6) is -1.25. The number of furan rings is 1. The average molecular weight is 286 g/mol. The molecule has 0 aliphatic carbocycles. The van der Waals surface area contributed by atoms with Crippen molar-refractivity contribution in [1.29, 1.82) is 0 Å². The number of hydrogen-bond donors (Lipinski definition) is 1. The molecular weight excluding hydrogens is 277 g/mol. The van der Waals surface area contributed by atoms with Crippen molar-refractivity contribution in [3.8, 4) is 5.75 Å². The smallest absolute Gasteiger partial charge is 0.416 e. The van der Waals surface area contributed by atoms with E-state index in [0.717, 1.165) is 12.1 Å². The molecule has 0 fully saturated rings. The van der Waals surface area contributed by atoms with Gasteiger partial charge in [0.1, 0.15) is 18.1 Å². The van der Waals surface area contributed by atoms with E-state index >= 15 is 0 Å². The number of hydrogen-bond acceptors (Lipinski definition) is 3. The van der Waals surface area contributed by atoms with Crippen molar-refractivity contribution < 1.29 is 32.2 Å². The third-order valence-electron chi connectivity index (χ3n) is 2.41. The number of carboxylic acid groups (broad SMARTS) is 1. The van der Waals surface area contributed by atoms with Crippen molar-refractivity contribution in [2.45, 2.75) is 12.8 Å². The second-order valence-corrected chi connectivity index (χ2v) is 3.89. The Morgan fingerprint density at radius 3 is 2.60 bits per heavy atom. The molecule has 0 spiro atoms. The predicted octanol–water partition coefficient (Wildman–Crippen LogP) is 3.58. The molecule has 0 aliphatic rings. The fraction of sp³-hybridized carbons (Fsp3) is 0.154. The van der Waals surface area contributed by atoms with Crippen molar-refractivity contribution in [3.05, 3.63) is 53.5 Å². The van der Waals surface area contributed by atoms with Gasteiger partial charge in [0.2, 0.25) is 5.76 Å². The number of carbonyl (C=O) groups is 1. The molecule has 0 radical (unpaired) electrons. The first kappa shape index (κ1) is 14.0. The first-order chi connectivity index (χ1) is 9.36. The lowest BCUT2D eigenvalue weighted by molar-refractivity contribution is -0.137. The summed E-state index contributed by atoms with van der Waals surface area (Å²) in [4.78, 5) is 10.6. The Kier molecular flexibility index (Phi) is 3.69. The maximum atomic E-state index is 12.5. The molecule has 0 amide bonds. The number of aromatic carboxylic acids is 1. The van der Waals surface area contributed by atoms with E-state index < -0.39 is 17.7 Å². The zero-order chi connectivity index (χ0) is 14.8. The van der Waals surface area contributed by atoms with Crippen LogP contribution in [0.1, 0.15) is 21.9 Å². The topological polar surface area (TPSA) is 59.7 Å². The van der Waals surface area contributed by atoms with Gasteiger partial charge in [-0.1, -0.05) is 6.07 Å². The normalized spacial score (nSPS) is 11.3. The van der Waals surface area contributed by atoms with E-state index in [1.165, 1.54) is 24.3 Å². The number of ether oxygens (including phenoxy) is 1. The Labute approximate surface area is 111 Å². The zero-order valence-electron chi connectivity index (χ0n) is 9.98. The van der Waals surface area contributed by atoms with Crippen LogP contribution in [0.2, 0.25) is 0 Å². The minimum atomic E-state index is -4.44. The van der Waals surface area contributed by atoms with Crippen LogP contribution in [-0.2, 0) is 12.8 Å². The molecular formula is C13H9F3O4. The molecule has 4 nitrogen and oxygen atoms in total. The van der Waals surface area contributed by atoms with E-state index in [0.29, 0.717) is 0 Å². The summed E-state index contributed by atoms with van der Waals surface area (Å²) in [5, 5.41) is 8.65. The highest BCUT2D eigenvalue weighted by molar-refractivity contribution is 5.84. The van der Waals surface area contributed by atoms with Crippen LogP contribution in [-0.4, -0.2) is 11.1 Å². The highest BCUT2D eigenvalue weighted by Gasteiger charge is 2.30. The average Bonchev–Trinajstić information content (AvgIpc) is 2.85. The molecule has 0 unspecified atom stereocenters. The molecule has 0 bridgehead atoms. The molecule has 2 rings (SSSR count). The van der Waals surface area contributed by atoms with Crippen molar-refractivity contribution in [2.75, 3.05) is 0 Å². The quantitative estimate of drug-likeness (QED) is 0.933. The van der Waals surface area contributed by atoms with E-state index in [9.17, 15) is 18.0 Å². The van der Waals surface area contributed by atoms with Crippen LogP contribution >= 0.6 is 0 Å². The van der Waals surface area contributed by atoms with Gasteiger partial charge in [-0.2, -0.15) is 13.2 Å². The van der Waals surface area contributed by atoms with Crippen LogP contribution in [0.15, 0.2) is 40.8 Å². The number of halogens is 3. The van der Waals surface area contributed by atoms with Gasteiger partial charge in [-0.25, -0.2) is 4.79 Å². The Balaban J connectivity index is 2.05. The number of benzene rings is 1. The lowest BCUT2D eigenvalue weighted by Gasteiger charge is -2.09. The molecule has 7 heteroatoms. The largest absolute Gasteiger partial charge is 0.486 e. The van der Waals surface area contributed by atoms with Crippen molar-refractivity contribution in [2.24, 2.45) is 0 Å². The minimum Gasteiger partial charge on any atom is -0.486 e. The van der Waals surface area contributed by atoms with Gasteiger partial charge in [-0.15, -0.1) is 0 Å². The van der Waals surface area contributed by atoms with Crippen LogP contribution in [0.5, 0.6) is 5.75 Å². The molecule has 0 aliphatic heterocycles. The molecule has 0 saturated carbocycles. The molecule has 0 atom stereocenters. The van der Waals surface area contributed by atoms with E-state index in [-0.39, 0.29) is 23.9 Å². The molecule has 2 aromatic rings. The van der Waals surface area contributed by atoms with E-state index in [4.69, 9.17) is 14.3 Å². The van der Waals surface area contributed by atoms with Gasteiger partial charge in [-0.3, -0.25) is 0 Å². The third kappa shape index (κ3) is 3.31. The molecule has 1 aromatic heterocycles. The standard InChI is InChI=1S/C13H9F3O4/c14-13(15,16)8-2-1-3-9(6-8)19-7-10-4-5-11(20-10)12(17)18/h1-6H,7H2,(H,17,18). The van der Waals surface area contributed by atoms with Crippen LogP contribution in [0.25, 0.3) is 0 Å². The minimum absolute atomic E-state index is 0.0214. The van der Waals surface area contributed by atoms with Crippen molar-refractivity contribution in [3.63, 3.8) is 0 Å². The maximum absolute atomic E-state index is 12.5. The summed E-state index contributed by atoms with van der Waals surface area (Å²) in [6.07, 6.45) is -4.44. The van der Waals surface area contributed by atoms with Gasteiger partial charge in [0.25, 0.3) is 0 Å². The number of rotatable bonds is 4. The summed E-state index contributed by atoms with van der Waals surface area (Å²) in [5.41, 5.74) is -0.819. The fourth-order valence-electron chi connectivity index (χ4n) is 1.49.